The highest BCUT2D eigenvalue weighted by Crippen LogP contribution is 2.07. The molecule has 2 heterocycles. The van der Waals surface area contributed by atoms with E-state index in [9.17, 15) is 14.4 Å². The highest BCUT2D eigenvalue weighted by Gasteiger charge is 2.23. The molecular formula is C11H15BrN4O3. The quantitative estimate of drug-likeness (QED) is 0.753. The lowest BCUT2D eigenvalue weighted by molar-refractivity contribution is -0.132. The first-order chi connectivity index (χ1) is 8.99. The molecule has 7 nitrogen and oxygen atoms in total. The molecule has 0 radical (unpaired) electrons. The van der Waals surface area contributed by atoms with Gasteiger partial charge in [0.2, 0.25) is 5.91 Å². The highest BCUT2D eigenvalue weighted by atomic mass is 79.9. The lowest BCUT2D eigenvalue weighted by Crippen LogP contribution is -2.42. The van der Waals surface area contributed by atoms with Crippen molar-refractivity contribution in [2.75, 3.05) is 20.1 Å². The van der Waals surface area contributed by atoms with Crippen LogP contribution >= 0.6 is 15.9 Å². The van der Waals surface area contributed by atoms with Crippen molar-refractivity contribution < 1.29 is 4.79 Å². The van der Waals surface area contributed by atoms with Crippen LogP contribution < -0.4 is 16.6 Å². The van der Waals surface area contributed by atoms with Gasteiger partial charge in [-0.1, -0.05) is 0 Å². The summed E-state index contributed by atoms with van der Waals surface area (Å²) in [5, 5.41) is 3.18. The van der Waals surface area contributed by atoms with Crippen LogP contribution in [0.3, 0.4) is 0 Å². The Kier molecular flexibility index (Phi) is 4.20. The van der Waals surface area contributed by atoms with Gasteiger partial charge >= 0.3 is 5.69 Å². The SMILES string of the molecule is CN(C(=O)Cn1cc(Br)c(=O)[nH]c1=O)C1CCNC1. The van der Waals surface area contributed by atoms with Crippen molar-refractivity contribution in [2.24, 2.45) is 0 Å². The maximum atomic E-state index is 12.1. The number of hydrogen-bond donors (Lipinski definition) is 2. The number of carbonyl (C=O) groups is 1. The molecule has 0 spiro atoms. The average Bonchev–Trinajstić information content (AvgIpc) is 2.88. The molecular weight excluding hydrogens is 316 g/mol. The number of H-pyrrole nitrogens is 1. The van der Waals surface area contributed by atoms with Crippen molar-refractivity contribution >= 4 is 21.8 Å². The summed E-state index contributed by atoms with van der Waals surface area (Å²) in [6, 6.07) is 0.161. The van der Waals surface area contributed by atoms with Crippen molar-refractivity contribution in [3.63, 3.8) is 0 Å². The second kappa shape index (κ2) is 5.70. The summed E-state index contributed by atoms with van der Waals surface area (Å²) in [6.07, 6.45) is 2.24. The van der Waals surface area contributed by atoms with Crippen molar-refractivity contribution in [3.05, 3.63) is 31.5 Å². The van der Waals surface area contributed by atoms with E-state index in [1.165, 1.54) is 10.8 Å². The predicted octanol–water partition coefficient (Wildman–Crippen LogP) is -0.881. The number of nitrogens with zero attached hydrogens (tertiary/aromatic N) is 2. The van der Waals surface area contributed by atoms with Gasteiger partial charge in [0.25, 0.3) is 5.56 Å². The molecule has 1 fully saturated rings. The fourth-order valence-corrected chi connectivity index (χ4v) is 2.38. The number of likely N-dealkylation sites (N-methyl/N-ethyl adjacent to an activating group) is 1. The average molecular weight is 331 g/mol. The van der Waals surface area contributed by atoms with Crippen LogP contribution in [0.25, 0.3) is 0 Å². The van der Waals surface area contributed by atoms with Crippen LogP contribution in [-0.2, 0) is 11.3 Å². The van der Waals surface area contributed by atoms with Crippen molar-refractivity contribution in [1.29, 1.82) is 0 Å². The first kappa shape index (κ1) is 14.0. The summed E-state index contributed by atoms with van der Waals surface area (Å²) in [5.74, 6) is -0.158. The lowest BCUT2D eigenvalue weighted by Gasteiger charge is -2.24. The molecule has 1 saturated heterocycles. The Morgan fingerprint density at radius 3 is 2.95 bits per heavy atom. The molecule has 1 atom stereocenters. The molecule has 2 N–H and O–H groups in total. The Balaban J connectivity index is 2.12. The minimum absolute atomic E-state index is 0.0821. The molecule has 0 aliphatic carbocycles. The first-order valence-corrected chi connectivity index (χ1v) is 6.74. The zero-order chi connectivity index (χ0) is 14.0. The largest absolute Gasteiger partial charge is 0.340 e. The van der Waals surface area contributed by atoms with E-state index in [2.05, 4.69) is 26.2 Å². The number of amides is 1. The van der Waals surface area contributed by atoms with Gasteiger partial charge in [0, 0.05) is 25.8 Å². The van der Waals surface area contributed by atoms with Gasteiger partial charge in [0.15, 0.2) is 0 Å². The number of aromatic amines is 1. The van der Waals surface area contributed by atoms with Crippen LogP contribution in [0, 0.1) is 0 Å². The maximum absolute atomic E-state index is 12.1. The summed E-state index contributed by atoms with van der Waals surface area (Å²) >= 11 is 3.04. The van der Waals surface area contributed by atoms with Gasteiger partial charge in [0.1, 0.15) is 6.54 Å². The third kappa shape index (κ3) is 3.13. The number of halogens is 1. The Bertz CT molecular complexity index is 588. The van der Waals surface area contributed by atoms with Crippen molar-refractivity contribution in [2.45, 2.75) is 19.0 Å². The van der Waals surface area contributed by atoms with E-state index in [0.29, 0.717) is 0 Å². The topological polar surface area (TPSA) is 87.2 Å². The summed E-state index contributed by atoms with van der Waals surface area (Å²) in [4.78, 5) is 38.6. The third-order valence-electron chi connectivity index (χ3n) is 3.25. The molecule has 1 aliphatic heterocycles. The molecule has 0 bridgehead atoms. The van der Waals surface area contributed by atoms with Crippen LogP contribution in [0.4, 0.5) is 0 Å². The number of aromatic nitrogens is 2. The van der Waals surface area contributed by atoms with Crippen molar-refractivity contribution in [1.82, 2.24) is 19.8 Å². The van der Waals surface area contributed by atoms with E-state index >= 15 is 0 Å². The van der Waals surface area contributed by atoms with Gasteiger partial charge in [0.05, 0.1) is 4.47 Å². The fourth-order valence-electron chi connectivity index (χ4n) is 2.03. The standard InChI is InChI=1S/C11H15BrN4O3/c1-15(7-2-3-13-4-7)9(17)6-16-5-8(12)10(18)14-11(16)19/h5,7,13H,2-4,6H2,1H3,(H,14,18,19). The number of carbonyl (C=O) groups excluding carboxylic acids is 1. The number of nitrogens with one attached hydrogen (secondary N) is 2. The lowest BCUT2D eigenvalue weighted by atomic mass is 10.2. The summed E-state index contributed by atoms with van der Waals surface area (Å²) in [5.41, 5.74) is -1.08. The normalized spacial score (nSPS) is 18.5. The molecule has 19 heavy (non-hydrogen) atoms. The van der Waals surface area contributed by atoms with Gasteiger partial charge < -0.3 is 10.2 Å². The van der Waals surface area contributed by atoms with Gasteiger partial charge in [-0.25, -0.2) is 4.79 Å². The summed E-state index contributed by atoms with van der Waals surface area (Å²) < 4.78 is 1.41. The molecule has 2 rings (SSSR count). The van der Waals surface area contributed by atoms with Gasteiger partial charge in [-0.2, -0.15) is 0 Å². The van der Waals surface area contributed by atoms with E-state index in [-0.39, 0.29) is 23.0 Å². The van der Waals surface area contributed by atoms with Crippen LogP contribution in [-0.4, -0.2) is 46.5 Å². The van der Waals surface area contributed by atoms with Crippen LogP contribution in [0.15, 0.2) is 20.3 Å². The van der Waals surface area contributed by atoms with Gasteiger partial charge in [-0.05, 0) is 28.9 Å². The monoisotopic (exact) mass is 330 g/mol. The van der Waals surface area contributed by atoms with Gasteiger partial charge in [-0.3, -0.25) is 19.1 Å². The Morgan fingerprint density at radius 1 is 1.58 bits per heavy atom. The molecule has 1 aliphatic rings. The zero-order valence-corrected chi connectivity index (χ0v) is 12.1. The van der Waals surface area contributed by atoms with E-state index in [4.69, 9.17) is 0 Å². The molecule has 1 aromatic rings. The van der Waals surface area contributed by atoms with Crippen LogP contribution in [0.2, 0.25) is 0 Å². The molecule has 8 heteroatoms. The van der Waals surface area contributed by atoms with E-state index in [1.54, 1.807) is 11.9 Å². The predicted molar refractivity (Wildman–Crippen MR) is 73.1 cm³/mol. The molecule has 0 saturated carbocycles. The maximum Gasteiger partial charge on any atom is 0.328 e. The van der Waals surface area contributed by atoms with Crippen molar-refractivity contribution in [3.8, 4) is 0 Å². The molecule has 0 aromatic carbocycles. The third-order valence-corrected chi connectivity index (χ3v) is 3.81. The smallest absolute Gasteiger partial charge is 0.328 e. The Morgan fingerprint density at radius 2 is 2.32 bits per heavy atom. The van der Waals surface area contributed by atoms with Crippen LogP contribution in [0.5, 0.6) is 0 Å². The highest BCUT2D eigenvalue weighted by molar-refractivity contribution is 9.10. The minimum atomic E-state index is -0.584. The Labute approximate surface area is 117 Å². The molecule has 1 unspecified atom stereocenters. The first-order valence-electron chi connectivity index (χ1n) is 5.94. The molecule has 104 valence electrons. The Hall–Kier alpha value is -1.41. The summed E-state index contributed by atoms with van der Waals surface area (Å²) in [6.45, 7) is 1.58. The molecule has 1 aromatic heterocycles. The molecule has 1 amide bonds. The van der Waals surface area contributed by atoms with Gasteiger partial charge in [-0.15, -0.1) is 0 Å². The second-order valence-electron chi connectivity index (χ2n) is 4.52. The number of rotatable bonds is 3. The second-order valence-corrected chi connectivity index (χ2v) is 5.37. The van der Waals surface area contributed by atoms with E-state index < -0.39 is 11.2 Å². The van der Waals surface area contributed by atoms with E-state index in [1.807, 2.05) is 0 Å². The van der Waals surface area contributed by atoms with E-state index in [0.717, 1.165) is 19.5 Å². The minimum Gasteiger partial charge on any atom is -0.340 e. The van der Waals surface area contributed by atoms with Crippen LogP contribution in [0.1, 0.15) is 6.42 Å². The zero-order valence-electron chi connectivity index (χ0n) is 10.5. The number of hydrogen-bond acceptors (Lipinski definition) is 4. The summed E-state index contributed by atoms with van der Waals surface area (Å²) in [7, 11) is 1.73. The fraction of sp³-hybridized carbons (Fsp3) is 0.545.